The third kappa shape index (κ3) is 3.79. The molecule has 2 aromatic heterocycles. The minimum atomic E-state index is -0.334. The first-order valence-electron chi connectivity index (χ1n) is 6.31. The molecule has 2 rings (SSSR count). The van der Waals surface area contributed by atoms with Crippen LogP contribution in [0.3, 0.4) is 0 Å². The number of pyridine rings is 2. The predicted molar refractivity (Wildman–Crippen MR) is 78.2 cm³/mol. The highest BCUT2D eigenvalue weighted by molar-refractivity contribution is 6.00. The number of ketones is 1. The first-order valence-corrected chi connectivity index (χ1v) is 6.31. The van der Waals surface area contributed by atoms with E-state index < -0.39 is 0 Å². The smallest absolute Gasteiger partial charge is 0.271 e. The lowest BCUT2D eigenvalue weighted by molar-refractivity contribution is 0.0953. The lowest BCUT2D eigenvalue weighted by Crippen LogP contribution is -2.19. The molecule has 106 valence electrons. The van der Waals surface area contributed by atoms with E-state index in [1.807, 2.05) is 0 Å². The molecule has 2 heterocycles. The zero-order valence-corrected chi connectivity index (χ0v) is 11.7. The molecule has 2 aromatic rings. The summed E-state index contributed by atoms with van der Waals surface area (Å²) in [5.41, 5.74) is 4.32. The van der Waals surface area contributed by atoms with Crippen molar-refractivity contribution in [2.24, 2.45) is 5.10 Å². The van der Waals surface area contributed by atoms with E-state index in [2.05, 4.69) is 20.5 Å². The molecule has 0 fully saturated rings. The van der Waals surface area contributed by atoms with Crippen LogP contribution >= 0.6 is 0 Å². The van der Waals surface area contributed by atoms with E-state index in [9.17, 15) is 9.59 Å². The maximum atomic E-state index is 11.8. The molecule has 0 saturated carbocycles. The fraction of sp³-hybridized carbons (Fsp3) is 0.133. The van der Waals surface area contributed by atoms with Crippen molar-refractivity contribution in [3.8, 4) is 0 Å². The second-order valence-electron chi connectivity index (χ2n) is 4.34. The van der Waals surface area contributed by atoms with E-state index in [0.717, 1.165) is 0 Å². The van der Waals surface area contributed by atoms with Gasteiger partial charge in [0, 0.05) is 24.9 Å². The summed E-state index contributed by atoms with van der Waals surface area (Å²) < 4.78 is 0. The van der Waals surface area contributed by atoms with E-state index in [1.54, 1.807) is 37.3 Å². The van der Waals surface area contributed by atoms with E-state index in [4.69, 9.17) is 0 Å². The average Bonchev–Trinajstić information content (AvgIpc) is 2.53. The van der Waals surface area contributed by atoms with Crippen molar-refractivity contribution in [2.75, 3.05) is 0 Å². The van der Waals surface area contributed by atoms with Crippen molar-refractivity contribution in [1.82, 2.24) is 15.4 Å². The third-order valence-corrected chi connectivity index (χ3v) is 2.75. The molecule has 0 spiro atoms. The van der Waals surface area contributed by atoms with Gasteiger partial charge in [-0.2, -0.15) is 5.10 Å². The number of hydrazone groups is 1. The predicted octanol–water partition coefficient (Wildman–Crippen LogP) is 1.83. The van der Waals surface area contributed by atoms with Crippen LogP contribution in [-0.2, 0) is 0 Å². The SMILES string of the molecule is CC(=O)c1cccc(/C(C)=N/NC(=O)c2ccncc2)n1. The fourth-order valence-corrected chi connectivity index (χ4v) is 1.59. The van der Waals surface area contributed by atoms with Gasteiger partial charge in [0.05, 0.1) is 11.4 Å². The van der Waals surface area contributed by atoms with Crippen LogP contribution in [0.1, 0.15) is 40.4 Å². The molecule has 0 aliphatic carbocycles. The summed E-state index contributed by atoms with van der Waals surface area (Å²) in [6.45, 7) is 3.16. The Kier molecular flexibility index (Phi) is 4.50. The zero-order chi connectivity index (χ0) is 15.2. The molecule has 0 saturated heterocycles. The summed E-state index contributed by atoms with van der Waals surface area (Å²) in [7, 11) is 0. The molecule has 21 heavy (non-hydrogen) atoms. The van der Waals surface area contributed by atoms with Gasteiger partial charge in [0.15, 0.2) is 5.78 Å². The van der Waals surface area contributed by atoms with Crippen LogP contribution in [0, 0.1) is 0 Å². The first kappa shape index (κ1) is 14.5. The normalized spacial score (nSPS) is 11.0. The van der Waals surface area contributed by atoms with Crippen molar-refractivity contribution in [1.29, 1.82) is 0 Å². The number of nitrogens with zero attached hydrogens (tertiary/aromatic N) is 3. The molecular formula is C15H14N4O2. The van der Waals surface area contributed by atoms with Crippen molar-refractivity contribution >= 4 is 17.4 Å². The molecule has 1 amide bonds. The molecule has 0 atom stereocenters. The quantitative estimate of drug-likeness (QED) is 0.527. The van der Waals surface area contributed by atoms with Gasteiger partial charge in [-0.3, -0.25) is 14.6 Å². The summed E-state index contributed by atoms with van der Waals surface area (Å²) in [5.74, 6) is -0.454. The Morgan fingerprint density at radius 2 is 1.71 bits per heavy atom. The maximum Gasteiger partial charge on any atom is 0.271 e. The Morgan fingerprint density at radius 3 is 2.38 bits per heavy atom. The van der Waals surface area contributed by atoms with Crippen LogP contribution in [-0.4, -0.2) is 27.4 Å². The molecule has 0 aromatic carbocycles. The van der Waals surface area contributed by atoms with Gasteiger partial charge in [-0.1, -0.05) is 6.07 Å². The number of rotatable bonds is 4. The van der Waals surface area contributed by atoms with Gasteiger partial charge in [0.25, 0.3) is 5.91 Å². The molecule has 0 aliphatic rings. The van der Waals surface area contributed by atoms with Crippen LogP contribution in [0.5, 0.6) is 0 Å². The van der Waals surface area contributed by atoms with Crippen molar-refractivity contribution in [3.63, 3.8) is 0 Å². The van der Waals surface area contributed by atoms with Crippen molar-refractivity contribution in [2.45, 2.75) is 13.8 Å². The number of carbonyl (C=O) groups excluding carboxylic acids is 2. The summed E-state index contributed by atoms with van der Waals surface area (Å²) in [6.07, 6.45) is 3.06. The Balaban J connectivity index is 2.13. The van der Waals surface area contributed by atoms with Crippen LogP contribution in [0.2, 0.25) is 0 Å². The molecule has 0 radical (unpaired) electrons. The number of hydrogen-bond donors (Lipinski definition) is 1. The molecule has 0 aliphatic heterocycles. The third-order valence-electron chi connectivity index (χ3n) is 2.75. The van der Waals surface area contributed by atoms with Gasteiger partial charge in [-0.25, -0.2) is 10.4 Å². The maximum absolute atomic E-state index is 11.8. The topological polar surface area (TPSA) is 84.3 Å². The number of amides is 1. The van der Waals surface area contributed by atoms with E-state index in [1.165, 1.54) is 19.3 Å². The van der Waals surface area contributed by atoms with Crippen molar-refractivity contribution < 1.29 is 9.59 Å². The van der Waals surface area contributed by atoms with E-state index >= 15 is 0 Å². The van der Waals surface area contributed by atoms with Crippen molar-refractivity contribution in [3.05, 3.63) is 59.7 Å². The highest BCUT2D eigenvalue weighted by atomic mass is 16.2. The van der Waals surface area contributed by atoms with Gasteiger partial charge in [-0.15, -0.1) is 0 Å². The van der Waals surface area contributed by atoms with E-state index in [0.29, 0.717) is 22.7 Å². The van der Waals surface area contributed by atoms with Gasteiger partial charge in [0.1, 0.15) is 5.69 Å². The highest BCUT2D eigenvalue weighted by Gasteiger charge is 2.06. The van der Waals surface area contributed by atoms with Gasteiger partial charge < -0.3 is 0 Å². The minimum Gasteiger partial charge on any atom is -0.293 e. The summed E-state index contributed by atoms with van der Waals surface area (Å²) >= 11 is 0. The molecule has 0 unspecified atom stereocenters. The Hall–Kier alpha value is -2.89. The molecule has 0 bridgehead atoms. The number of nitrogens with one attached hydrogen (secondary N) is 1. The van der Waals surface area contributed by atoms with Crippen LogP contribution in [0.25, 0.3) is 0 Å². The second-order valence-corrected chi connectivity index (χ2v) is 4.34. The second kappa shape index (κ2) is 6.51. The molecular weight excluding hydrogens is 268 g/mol. The van der Waals surface area contributed by atoms with Crippen LogP contribution in [0.4, 0.5) is 0 Å². The summed E-state index contributed by atoms with van der Waals surface area (Å²) in [5, 5.41) is 3.99. The van der Waals surface area contributed by atoms with Gasteiger partial charge in [-0.05, 0) is 31.2 Å². The lowest BCUT2D eigenvalue weighted by Gasteiger charge is -2.03. The minimum absolute atomic E-state index is 0.120. The zero-order valence-electron chi connectivity index (χ0n) is 11.7. The highest BCUT2D eigenvalue weighted by Crippen LogP contribution is 2.02. The average molecular weight is 282 g/mol. The molecule has 6 nitrogen and oxygen atoms in total. The number of Topliss-reactive ketones (excluding diaryl/α,β-unsaturated/α-hetero) is 1. The van der Waals surface area contributed by atoms with E-state index in [-0.39, 0.29) is 11.7 Å². The molecule has 6 heteroatoms. The number of hydrogen-bond acceptors (Lipinski definition) is 5. The standard InChI is InChI=1S/C15H14N4O2/c1-10(13-4-3-5-14(17-13)11(2)20)18-19-15(21)12-6-8-16-9-7-12/h3-9H,1-2H3,(H,19,21)/b18-10+. The lowest BCUT2D eigenvalue weighted by atomic mass is 10.2. The summed E-state index contributed by atoms with van der Waals surface area (Å²) in [6, 6.07) is 8.27. The van der Waals surface area contributed by atoms with Crippen LogP contribution < -0.4 is 5.43 Å². The Labute approximate surface area is 121 Å². The monoisotopic (exact) mass is 282 g/mol. The van der Waals surface area contributed by atoms with Crippen LogP contribution in [0.15, 0.2) is 47.8 Å². The number of carbonyl (C=O) groups is 2. The number of aromatic nitrogens is 2. The Morgan fingerprint density at radius 1 is 1.05 bits per heavy atom. The first-order chi connectivity index (χ1) is 10.1. The fourth-order valence-electron chi connectivity index (χ4n) is 1.59. The summed E-state index contributed by atoms with van der Waals surface area (Å²) in [4.78, 5) is 31.1. The van der Waals surface area contributed by atoms with Gasteiger partial charge in [0.2, 0.25) is 0 Å². The Bertz CT molecular complexity index is 696. The van der Waals surface area contributed by atoms with Gasteiger partial charge >= 0.3 is 0 Å². The molecule has 1 N–H and O–H groups in total. The largest absolute Gasteiger partial charge is 0.293 e.